The monoisotopic (exact) mass is 431 g/mol. The van der Waals surface area contributed by atoms with Crippen LogP contribution in [0.4, 0.5) is 0 Å². The van der Waals surface area contributed by atoms with Crippen molar-refractivity contribution in [2.45, 2.75) is 4.90 Å². The van der Waals surface area contributed by atoms with Crippen LogP contribution in [0.15, 0.2) is 89.8 Å². The van der Waals surface area contributed by atoms with Crippen LogP contribution >= 0.6 is 11.9 Å². The Morgan fingerprint density at radius 1 is 0.742 bits per heavy atom. The molecule has 1 saturated heterocycles. The second-order valence-corrected chi connectivity index (χ2v) is 8.51. The molecule has 2 amide bonds. The van der Waals surface area contributed by atoms with E-state index in [1.54, 1.807) is 24.1 Å². The van der Waals surface area contributed by atoms with Gasteiger partial charge < -0.3 is 10.2 Å². The fourth-order valence-electron chi connectivity index (χ4n) is 3.47. The lowest BCUT2D eigenvalue weighted by Gasteiger charge is -2.33. The summed E-state index contributed by atoms with van der Waals surface area (Å²) in [5.74, 6) is -0.273. The highest BCUT2D eigenvalue weighted by atomic mass is 32.2. The van der Waals surface area contributed by atoms with E-state index in [9.17, 15) is 9.59 Å². The van der Waals surface area contributed by atoms with Crippen molar-refractivity contribution in [2.24, 2.45) is 0 Å². The lowest BCUT2D eigenvalue weighted by molar-refractivity contribution is -0.131. The molecular weight excluding hydrogens is 406 g/mol. The molecule has 5 nitrogen and oxygen atoms in total. The lowest BCUT2D eigenvalue weighted by atomic mass is 10.0. The molecule has 0 saturated carbocycles. The number of benzene rings is 3. The summed E-state index contributed by atoms with van der Waals surface area (Å²) in [5, 5.41) is 2.76. The fraction of sp³-hybridized carbons (Fsp3) is 0.200. The highest BCUT2D eigenvalue weighted by Crippen LogP contribution is 2.23. The number of carbonyl (C=O) groups excluding carboxylic acids is 2. The van der Waals surface area contributed by atoms with Crippen molar-refractivity contribution in [3.05, 3.63) is 90.5 Å². The summed E-state index contributed by atoms with van der Waals surface area (Å²) >= 11 is 1.72. The van der Waals surface area contributed by atoms with E-state index in [1.807, 2.05) is 65.6 Å². The predicted molar refractivity (Wildman–Crippen MR) is 125 cm³/mol. The average Bonchev–Trinajstić information content (AvgIpc) is 2.84. The fourth-order valence-corrected chi connectivity index (χ4v) is 4.40. The molecule has 0 aromatic heterocycles. The van der Waals surface area contributed by atoms with Gasteiger partial charge >= 0.3 is 0 Å². The van der Waals surface area contributed by atoms with Crippen molar-refractivity contribution in [2.75, 3.05) is 32.7 Å². The Hall–Kier alpha value is -3.09. The van der Waals surface area contributed by atoms with Gasteiger partial charge in [0.05, 0.1) is 6.54 Å². The van der Waals surface area contributed by atoms with E-state index in [0.29, 0.717) is 18.7 Å². The summed E-state index contributed by atoms with van der Waals surface area (Å²) in [6.45, 7) is 2.96. The minimum absolute atomic E-state index is 0.0189. The van der Waals surface area contributed by atoms with Gasteiger partial charge in [0, 0.05) is 36.6 Å². The zero-order valence-electron chi connectivity index (χ0n) is 17.2. The third kappa shape index (κ3) is 5.75. The van der Waals surface area contributed by atoms with E-state index in [0.717, 1.165) is 24.2 Å². The van der Waals surface area contributed by atoms with Gasteiger partial charge in [-0.15, -0.1) is 0 Å². The van der Waals surface area contributed by atoms with Crippen LogP contribution < -0.4 is 5.32 Å². The summed E-state index contributed by atoms with van der Waals surface area (Å²) in [4.78, 5) is 28.0. The van der Waals surface area contributed by atoms with Crippen molar-refractivity contribution in [1.29, 1.82) is 0 Å². The molecule has 0 atom stereocenters. The molecule has 3 aromatic rings. The van der Waals surface area contributed by atoms with E-state index >= 15 is 0 Å². The maximum atomic E-state index is 12.5. The summed E-state index contributed by atoms with van der Waals surface area (Å²) in [6, 6.07) is 27.7. The van der Waals surface area contributed by atoms with Gasteiger partial charge in [0.25, 0.3) is 5.91 Å². The summed E-state index contributed by atoms with van der Waals surface area (Å²) in [7, 11) is 0. The van der Waals surface area contributed by atoms with E-state index in [2.05, 4.69) is 21.8 Å². The first-order valence-corrected chi connectivity index (χ1v) is 11.2. The summed E-state index contributed by atoms with van der Waals surface area (Å²) in [6.07, 6.45) is 0. The number of amides is 2. The number of hydrogen-bond acceptors (Lipinski definition) is 4. The lowest BCUT2D eigenvalue weighted by Crippen LogP contribution is -2.49. The van der Waals surface area contributed by atoms with Crippen molar-refractivity contribution in [3.63, 3.8) is 0 Å². The minimum atomic E-state index is -0.230. The van der Waals surface area contributed by atoms with Crippen molar-refractivity contribution < 1.29 is 9.59 Å². The van der Waals surface area contributed by atoms with E-state index < -0.39 is 0 Å². The molecule has 3 aromatic carbocycles. The Bertz CT molecular complexity index is 1000. The van der Waals surface area contributed by atoms with Gasteiger partial charge in [-0.2, -0.15) is 0 Å². The average molecular weight is 432 g/mol. The topological polar surface area (TPSA) is 52.7 Å². The molecule has 4 rings (SSSR count). The molecule has 1 aliphatic heterocycles. The van der Waals surface area contributed by atoms with Gasteiger partial charge in [0.1, 0.15) is 0 Å². The second kappa shape index (κ2) is 10.3. The Morgan fingerprint density at radius 3 is 1.97 bits per heavy atom. The molecule has 1 fully saturated rings. The van der Waals surface area contributed by atoms with Crippen molar-refractivity contribution in [1.82, 2.24) is 14.5 Å². The first-order chi connectivity index (χ1) is 15.2. The van der Waals surface area contributed by atoms with Crippen LogP contribution in [0.5, 0.6) is 0 Å². The smallest absolute Gasteiger partial charge is 0.251 e. The zero-order chi connectivity index (χ0) is 21.5. The molecule has 158 valence electrons. The van der Waals surface area contributed by atoms with Crippen molar-refractivity contribution in [3.8, 4) is 11.1 Å². The van der Waals surface area contributed by atoms with Crippen LogP contribution in [-0.4, -0.2) is 53.7 Å². The summed E-state index contributed by atoms with van der Waals surface area (Å²) < 4.78 is 2.27. The first-order valence-electron chi connectivity index (χ1n) is 10.4. The highest BCUT2D eigenvalue weighted by Gasteiger charge is 2.22. The zero-order valence-corrected chi connectivity index (χ0v) is 18.1. The van der Waals surface area contributed by atoms with Gasteiger partial charge in [-0.1, -0.05) is 60.7 Å². The van der Waals surface area contributed by atoms with Gasteiger partial charge in [-0.05, 0) is 47.3 Å². The number of nitrogens with zero attached hydrogens (tertiary/aromatic N) is 2. The Labute approximate surface area is 187 Å². The summed E-state index contributed by atoms with van der Waals surface area (Å²) in [5.41, 5.74) is 2.71. The largest absolute Gasteiger partial charge is 0.343 e. The number of nitrogens with one attached hydrogen (secondary N) is 1. The van der Waals surface area contributed by atoms with Crippen LogP contribution in [0.2, 0.25) is 0 Å². The van der Waals surface area contributed by atoms with Crippen molar-refractivity contribution >= 4 is 23.8 Å². The number of carbonyl (C=O) groups is 2. The van der Waals surface area contributed by atoms with Crippen LogP contribution in [0.25, 0.3) is 11.1 Å². The molecule has 6 heteroatoms. The number of hydrogen-bond donors (Lipinski definition) is 1. The molecule has 1 heterocycles. The normalized spacial score (nSPS) is 14.3. The minimum Gasteiger partial charge on any atom is -0.343 e. The van der Waals surface area contributed by atoms with E-state index in [1.165, 1.54) is 4.90 Å². The third-order valence-corrected chi connectivity index (χ3v) is 6.33. The molecule has 0 spiro atoms. The van der Waals surface area contributed by atoms with E-state index in [-0.39, 0.29) is 18.4 Å². The first kappa shape index (κ1) is 21.2. The maximum absolute atomic E-state index is 12.5. The van der Waals surface area contributed by atoms with Crippen LogP contribution in [-0.2, 0) is 4.79 Å². The van der Waals surface area contributed by atoms with E-state index in [4.69, 9.17) is 0 Å². The SMILES string of the molecule is O=C(NCC(=O)N1CCN(Sc2ccccc2)CC1)c1ccc(-c2ccccc2)cc1. The predicted octanol–water partition coefficient (Wildman–Crippen LogP) is 3.93. The standard InChI is InChI=1S/C25H25N3O2S/c29-24(27-15-17-28(18-16-27)31-23-9-5-2-6-10-23)19-26-25(30)22-13-11-21(12-14-22)20-7-3-1-4-8-20/h1-14H,15-19H2,(H,26,30). The van der Waals surface area contributed by atoms with Crippen LogP contribution in [0.1, 0.15) is 10.4 Å². The molecule has 0 unspecified atom stereocenters. The molecular formula is C25H25N3O2S. The van der Waals surface area contributed by atoms with Gasteiger partial charge in [-0.3, -0.25) is 9.59 Å². The molecule has 0 bridgehead atoms. The van der Waals surface area contributed by atoms with Gasteiger partial charge in [0.15, 0.2) is 0 Å². The third-order valence-electron chi connectivity index (χ3n) is 5.22. The number of piperazine rings is 1. The van der Waals surface area contributed by atoms with Gasteiger partial charge in [-0.25, -0.2) is 4.31 Å². The van der Waals surface area contributed by atoms with Crippen LogP contribution in [0, 0.1) is 0 Å². The van der Waals surface area contributed by atoms with Gasteiger partial charge in [0.2, 0.25) is 5.91 Å². The molecule has 31 heavy (non-hydrogen) atoms. The Balaban J connectivity index is 1.23. The molecule has 0 aliphatic carbocycles. The quantitative estimate of drug-likeness (QED) is 0.601. The molecule has 1 N–H and O–H groups in total. The maximum Gasteiger partial charge on any atom is 0.251 e. The Kier molecular flexibility index (Phi) is 7.02. The highest BCUT2D eigenvalue weighted by molar-refractivity contribution is 7.97. The number of rotatable bonds is 6. The molecule has 1 aliphatic rings. The molecule has 0 radical (unpaired) electrons. The Morgan fingerprint density at radius 2 is 1.32 bits per heavy atom. The second-order valence-electron chi connectivity index (χ2n) is 7.34. The van der Waals surface area contributed by atoms with Crippen LogP contribution in [0.3, 0.4) is 0 Å².